The lowest BCUT2D eigenvalue weighted by molar-refractivity contribution is 0.209. The Morgan fingerprint density at radius 1 is 1.05 bits per heavy atom. The molecule has 0 atom stereocenters. The summed E-state index contributed by atoms with van der Waals surface area (Å²) in [4.78, 5) is 2.33. The summed E-state index contributed by atoms with van der Waals surface area (Å²) in [6.07, 6.45) is 0. The second-order valence-electron chi connectivity index (χ2n) is 5.88. The summed E-state index contributed by atoms with van der Waals surface area (Å²) < 4.78 is 0. The van der Waals surface area contributed by atoms with E-state index < -0.39 is 0 Å². The van der Waals surface area contributed by atoms with Crippen LogP contribution in [0.4, 0.5) is 0 Å². The Kier molecular flexibility index (Phi) is 6.45. The van der Waals surface area contributed by atoms with Crippen molar-refractivity contribution in [2.45, 2.75) is 34.2 Å². The Morgan fingerprint density at radius 2 is 1.58 bits per heavy atom. The van der Waals surface area contributed by atoms with Gasteiger partial charge in [-0.3, -0.25) is 4.90 Å². The minimum atomic E-state index is 0.142. The molecule has 0 unspecified atom stereocenters. The van der Waals surface area contributed by atoms with Crippen molar-refractivity contribution < 1.29 is 5.11 Å². The van der Waals surface area contributed by atoms with E-state index >= 15 is 0 Å². The van der Waals surface area contributed by atoms with Crippen LogP contribution in [0, 0.1) is 11.8 Å². The van der Waals surface area contributed by atoms with Crippen molar-refractivity contribution in [2.75, 3.05) is 13.1 Å². The molecule has 0 aromatic heterocycles. The van der Waals surface area contributed by atoms with E-state index in [0.29, 0.717) is 28.4 Å². The van der Waals surface area contributed by atoms with Crippen LogP contribution in [0.2, 0.25) is 10.0 Å². The molecule has 1 rings (SSSR count). The molecule has 0 fully saturated rings. The molecule has 0 saturated heterocycles. The maximum Gasteiger partial charge on any atom is 0.138 e. The van der Waals surface area contributed by atoms with Gasteiger partial charge in [-0.25, -0.2) is 0 Å². The fourth-order valence-electron chi connectivity index (χ4n) is 2.22. The minimum absolute atomic E-state index is 0.142. The molecule has 0 aliphatic heterocycles. The molecule has 0 saturated carbocycles. The van der Waals surface area contributed by atoms with Gasteiger partial charge >= 0.3 is 0 Å². The van der Waals surface area contributed by atoms with Gasteiger partial charge in [-0.15, -0.1) is 0 Å². The first-order valence-electron chi connectivity index (χ1n) is 6.68. The monoisotopic (exact) mass is 303 g/mol. The van der Waals surface area contributed by atoms with Crippen molar-refractivity contribution in [3.63, 3.8) is 0 Å². The van der Waals surface area contributed by atoms with E-state index in [9.17, 15) is 5.11 Å². The van der Waals surface area contributed by atoms with E-state index in [1.54, 1.807) is 12.1 Å². The molecule has 0 radical (unpaired) electrons. The summed E-state index contributed by atoms with van der Waals surface area (Å²) in [5.74, 6) is 1.30. The second-order valence-corrected chi connectivity index (χ2v) is 6.72. The Bertz CT molecular complexity index is 409. The largest absolute Gasteiger partial charge is 0.506 e. The van der Waals surface area contributed by atoms with E-state index in [2.05, 4.69) is 32.6 Å². The number of hydrogen-bond acceptors (Lipinski definition) is 2. The second kappa shape index (κ2) is 7.37. The number of hydrogen-bond donors (Lipinski definition) is 1. The van der Waals surface area contributed by atoms with E-state index in [1.807, 2.05) is 0 Å². The Hall–Kier alpha value is -0.440. The van der Waals surface area contributed by atoms with Crippen molar-refractivity contribution in [2.24, 2.45) is 11.8 Å². The average Bonchev–Trinajstić information content (AvgIpc) is 2.23. The lowest BCUT2D eigenvalue weighted by Gasteiger charge is -2.26. The SMILES string of the molecule is CC(C)CN(Cc1cc(Cl)cc(Cl)c1O)CC(C)C. The minimum Gasteiger partial charge on any atom is -0.506 e. The van der Waals surface area contributed by atoms with Gasteiger partial charge in [0.15, 0.2) is 0 Å². The molecular weight excluding hydrogens is 281 g/mol. The molecule has 108 valence electrons. The molecule has 1 aromatic rings. The van der Waals surface area contributed by atoms with Gasteiger partial charge in [0, 0.05) is 30.2 Å². The van der Waals surface area contributed by atoms with Gasteiger partial charge in [0.2, 0.25) is 0 Å². The molecule has 0 bridgehead atoms. The summed E-state index contributed by atoms with van der Waals surface area (Å²) >= 11 is 12.0. The molecule has 0 aliphatic carbocycles. The lowest BCUT2D eigenvalue weighted by atomic mass is 10.1. The summed E-state index contributed by atoms with van der Waals surface area (Å²) in [6.45, 7) is 11.4. The van der Waals surface area contributed by atoms with Crippen LogP contribution >= 0.6 is 23.2 Å². The number of rotatable bonds is 6. The molecule has 2 nitrogen and oxygen atoms in total. The Balaban J connectivity index is 2.89. The van der Waals surface area contributed by atoms with Crippen LogP contribution in [0.25, 0.3) is 0 Å². The third kappa shape index (κ3) is 5.60. The number of phenolic OH excluding ortho intramolecular Hbond substituents is 1. The maximum atomic E-state index is 10.0. The topological polar surface area (TPSA) is 23.5 Å². The van der Waals surface area contributed by atoms with Crippen LogP contribution in [-0.4, -0.2) is 23.1 Å². The molecular formula is C15H23Cl2NO. The van der Waals surface area contributed by atoms with Gasteiger partial charge in [-0.1, -0.05) is 50.9 Å². The number of nitrogens with zero attached hydrogens (tertiary/aromatic N) is 1. The first-order valence-corrected chi connectivity index (χ1v) is 7.44. The highest BCUT2D eigenvalue weighted by Gasteiger charge is 2.14. The fraction of sp³-hybridized carbons (Fsp3) is 0.600. The van der Waals surface area contributed by atoms with Crippen LogP contribution in [0.1, 0.15) is 33.3 Å². The molecule has 0 heterocycles. The van der Waals surface area contributed by atoms with Crippen LogP contribution < -0.4 is 0 Å². The van der Waals surface area contributed by atoms with Crippen LogP contribution in [0.15, 0.2) is 12.1 Å². The highest BCUT2D eigenvalue weighted by atomic mass is 35.5. The van der Waals surface area contributed by atoms with Crippen molar-refractivity contribution in [3.8, 4) is 5.75 Å². The standard InChI is InChI=1S/C15H23Cl2NO/c1-10(2)7-18(8-11(3)4)9-12-5-13(16)6-14(17)15(12)19/h5-6,10-11,19H,7-9H2,1-4H3. The van der Waals surface area contributed by atoms with Crippen LogP contribution in [0.5, 0.6) is 5.75 Å². The highest BCUT2D eigenvalue weighted by Crippen LogP contribution is 2.32. The number of halogens is 2. The van der Waals surface area contributed by atoms with Gasteiger partial charge in [-0.05, 0) is 24.0 Å². The van der Waals surface area contributed by atoms with E-state index in [1.165, 1.54) is 0 Å². The molecule has 4 heteroatoms. The number of benzene rings is 1. The zero-order valence-electron chi connectivity index (χ0n) is 12.1. The number of aromatic hydroxyl groups is 1. The van der Waals surface area contributed by atoms with Gasteiger partial charge < -0.3 is 5.11 Å². The average molecular weight is 304 g/mol. The molecule has 1 N–H and O–H groups in total. The molecule has 19 heavy (non-hydrogen) atoms. The van der Waals surface area contributed by atoms with Crippen molar-refractivity contribution in [1.29, 1.82) is 0 Å². The van der Waals surface area contributed by atoms with Crippen molar-refractivity contribution >= 4 is 23.2 Å². The smallest absolute Gasteiger partial charge is 0.138 e. The summed E-state index contributed by atoms with van der Waals surface area (Å²) in [7, 11) is 0. The predicted octanol–water partition coefficient (Wildman–Crippen LogP) is 4.81. The third-order valence-electron chi connectivity index (χ3n) is 2.75. The van der Waals surface area contributed by atoms with E-state index in [4.69, 9.17) is 23.2 Å². The molecule has 0 aliphatic rings. The summed E-state index contributed by atoms with van der Waals surface area (Å²) in [6, 6.07) is 3.35. The van der Waals surface area contributed by atoms with Crippen LogP contribution in [0.3, 0.4) is 0 Å². The zero-order valence-corrected chi connectivity index (χ0v) is 13.6. The third-order valence-corrected chi connectivity index (χ3v) is 3.25. The van der Waals surface area contributed by atoms with Crippen LogP contribution in [-0.2, 0) is 6.54 Å². The number of phenols is 1. The van der Waals surface area contributed by atoms with Crippen molar-refractivity contribution in [3.05, 3.63) is 27.7 Å². The van der Waals surface area contributed by atoms with E-state index in [-0.39, 0.29) is 5.75 Å². The highest BCUT2D eigenvalue weighted by molar-refractivity contribution is 6.35. The first-order chi connectivity index (χ1) is 8.79. The Labute approximate surface area is 126 Å². The van der Waals surface area contributed by atoms with Gasteiger partial charge in [0.25, 0.3) is 0 Å². The fourth-order valence-corrected chi connectivity index (χ4v) is 2.75. The molecule has 0 amide bonds. The maximum absolute atomic E-state index is 10.0. The Morgan fingerprint density at radius 3 is 2.05 bits per heavy atom. The summed E-state index contributed by atoms with van der Waals surface area (Å²) in [5, 5.41) is 10.9. The van der Waals surface area contributed by atoms with Gasteiger partial charge in [0.05, 0.1) is 5.02 Å². The predicted molar refractivity (Wildman–Crippen MR) is 83.1 cm³/mol. The first kappa shape index (κ1) is 16.6. The zero-order chi connectivity index (χ0) is 14.6. The molecule has 0 spiro atoms. The van der Waals surface area contributed by atoms with Gasteiger partial charge in [0.1, 0.15) is 5.75 Å². The summed E-state index contributed by atoms with van der Waals surface area (Å²) in [5.41, 5.74) is 0.791. The quantitative estimate of drug-likeness (QED) is 0.815. The lowest BCUT2D eigenvalue weighted by Crippen LogP contribution is -2.31. The molecule has 1 aromatic carbocycles. The van der Waals surface area contributed by atoms with Crippen molar-refractivity contribution in [1.82, 2.24) is 4.90 Å². The van der Waals surface area contributed by atoms with E-state index in [0.717, 1.165) is 18.7 Å². The normalized spacial score (nSPS) is 11.8. The van der Waals surface area contributed by atoms with Gasteiger partial charge in [-0.2, -0.15) is 0 Å².